The number of hydrogen-bond acceptors (Lipinski definition) is 5. The second-order valence-electron chi connectivity index (χ2n) is 13.0. The van der Waals surface area contributed by atoms with E-state index in [1.165, 1.54) is 22.3 Å². The summed E-state index contributed by atoms with van der Waals surface area (Å²) in [5, 5.41) is 0. The number of amides is 1. The highest BCUT2D eigenvalue weighted by molar-refractivity contribution is 5.92. The molecule has 0 saturated carbocycles. The highest BCUT2D eigenvalue weighted by Gasteiger charge is 2.38. The Morgan fingerprint density at radius 1 is 0.841 bits per heavy atom. The van der Waals surface area contributed by atoms with Crippen molar-refractivity contribution in [3.05, 3.63) is 89.0 Å². The van der Waals surface area contributed by atoms with Gasteiger partial charge < -0.3 is 18.9 Å². The lowest BCUT2D eigenvalue weighted by atomic mass is 9.78. The van der Waals surface area contributed by atoms with Gasteiger partial charge in [-0.1, -0.05) is 105 Å². The lowest BCUT2D eigenvalue weighted by Gasteiger charge is -2.31. The van der Waals surface area contributed by atoms with Crippen LogP contribution in [0, 0.1) is 0 Å². The Morgan fingerprint density at radius 2 is 1.36 bits per heavy atom. The van der Waals surface area contributed by atoms with Gasteiger partial charge in [-0.15, -0.1) is 0 Å². The van der Waals surface area contributed by atoms with Crippen molar-refractivity contribution in [1.82, 2.24) is 0 Å². The normalized spacial score (nSPS) is 18.0. The lowest BCUT2D eigenvalue weighted by molar-refractivity contribution is 0.105. The maximum absolute atomic E-state index is 13.2. The van der Waals surface area contributed by atoms with Crippen LogP contribution in [0.4, 0.5) is 10.5 Å². The zero-order chi connectivity index (χ0) is 32.1. The molecule has 2 heterocycles. The number of ether oxygens (including phenoxy) is 4. The highest BCUT2D eigenvalue weighted by atomic mass is 16.6. The van der Waals surface area contributed by atoms with Gasteiger partial charge in [-0.2, -0.15) is 0 Å². The van der Waals surface area contributed by atoms with Crippen molar-refractivity contribution in [3.8, 4) is 11.5 Å². The van der Waals surface area contributed by atoms with Crippen LogP contribution in [-0.4, -0.2) is 44.7 Å². The molecule has 5 rings (SSSR count). The summed E-state index contributed by atoms with van der Waals surface area (Å²) in [5.74, 6) is 1.90. The molecule has 0 radical (unpaired) electrons. The topological polar surface area (TPSA) is 60.5 Å². The fraction of sp³-hybridized carbons (Fsp3) is 0.500. The summed E-state index contributed by atoms with van der Waals surface area (Å²) in [6.45, 7) is 21.6. The van der Waals surface area contributed by atoms with E-state index in [2.05, 4.69) is 90.9 Å². The van der Waals surface area contributed by atoms with Crippen LogP contribution in [0.3, 0.4) is 0 Å². The molecule has 44 heavy (non-hydrogen) atoms. The first-order valence-electron chi connectivity index (χ1n) is 16.2. The van der Waals surface area contributed by atoms with Crippen LogP contribution in [-0.2, 0) is 20.3 Å². The zero-order valence-electron chi connectivity index (χ0n) is 28.1. The molecule has 0 aromatic heterocycles. The summed E-state index contributed by atoms with van der Waals surface area (Å²) in [4.78, 5) is 15.0. The third-order valence-corrected chi connectivity index (χ3v) is 8.87. The van der Waals surface area contributed by atoms with Crippen molar-refractivity contribution in [2.75, 3.05) is 31.3 Å². The first-order chi connectivity index (χ1) is 21.0. The molecule has 1 amide bonds. The fourth-order valence-electron chi connectivity index (χ4n) is 5.50. The van der Waals surface area contributed by atoms with Gasteiger partial charge in [0, 0.05) is 5.41 Å². The van der Waals surface area contributed by atoms with E-state index in [1.807, 2.05) is 43.0 Å². The van der Waals surface area contributed by atoms with E-state index >= 15 is 0 Å². The number of epoxide rings is 1. The first-order valence-corrected chi connectivity index (χ1v) is 16.2. The van der Waals surface area contributed by atoms with Crippen LogP contribution < -0.4 is 14.4 Å². The molecule has 0 aliphatic carbocycles. The van der Waals surface area contributed by atoms with Crippen LogP contribution in [0.2, 0.25) is 0 Å². The van der Waals surface area contributed by atoms with Crippen molar-refractivity contribution >= 4 is 11.8 Å². The number of benzene rings is 3. The van der Waals surface area contributed by atoms with Gasteiger partial charge in [0.1, 0.15) is 30.8 Å². The molecule has 2 aliphatic heterocycles. The minimum atomic E-state index is -0.348. The molecule has 6 nitrogen and oxygen atoms in total. The molecular formula is C38H51NO5. The van der Waals surface area contributed by atoms with Crippen LogP contribution in [0.25, 0.3) is 0 Å². The average molecular weight is 602 g/mol. The predicted octanol–water partition coefficient (Wildman–Crippen LogP) is 9.03. The molecule has 0 N–H and O–H groups in total. The number of anilines is 1. The Labute approximate surface area is 264 Å². The van der Waals surface area contributed by atoms with Gasteiger partial charge in [-0.3, -0.25) is 4.90 Å². The maximum atomic E-state index is 13.2. The smallest absolute Gasteiger partial charge is 0.414 e. The van der Waals surface area contributed by atoms with Crippen LogP contribution in [0.1, 0.15) is 96.9 Å². The van der Waals surface area contributed by atoms with Crippen LogP contribution >= 0.6 is 0 Å². The van der Waals surface area contributed by atoms with Crippen molar-refractivity contribution in [2.24, 2.45) is 0 Å². The third-order valence-electron chi connectivity index (χ3n) is 8.87. The minimum Gasteiger partial charge on any atom is -0.491 e. The Morgan fingerprint density at radius 3 is 1.84 bits per heavy atom. The SMILES string of the molecule is CC.CCC(C)(C)c1cccc(C(C)C)c1N1CC(COc2ccc(C(C)(C)c3ccc(OCC4CO4)cc3)cc2)OC1=O. The average Bonchev–Trinajstić information content (AvgIpc) is 3.79. The van der Waals surface area contributed by atoms with Gasteiger partial charge >= 0.3 is 6.09 Å². The van der Waals surface area contributed by atoms with Gasteiger partial charge in [0.15, 0.2) is 6.10 Å². The number of para-hydroxylation sites is 1. The molecule has 0 bridgehead atoms. The molecule has 2 aliphatic rings. The van der Waals surface area contributed by atoms with Crippen LogP contribution in [0.5, 0.6) is 11.5 Å². The van der Waals surface area contributed by atoms with E-state index in [-0.39, 0.29) is 35.0 Å². The first kappa shape index (κ1) is 33.4. The summed E-state index contributed by atoms with van der Waals surface area (Å²) >= 11 is 0. The molecule has 6 heteroatoms. The van der Waals surface area contributed by atoms with Gasteiger partial charge in [0.05, 0.1) is 18.8 Å². The second kappa shape index (κ2) is 14.1. The Bertz CT molecular complexity index is 1370. The Kier molecular flexibility index (Phi) is 10.7. The highest BCUT2D eigenvalue weighted by Crippen LogP contribution is 2.41. The molecule has 3 aromatic rings. The summed E-state index contributed by atoms with van der Waals surface area (Å²) in [5.41, 5.74) is 5.48. The van der Waals surface area contributed by atoms with E-state index in [0.717, 1.165) is 30.2 Å². The molecule has 0 spiro atoms. The number of carbonyl (C=O) groups excluding carboxylic acids is 1. The molecular weight excluding hydrogens is 550 g/mol. The summed E-state index contributed by atoms with van der Waals surface area (Å²) in [7, 11) is 0. The van der Waals surface area contributed by atoms with E-state index in [9.17, 15) is 4.79 Å². The zero-order valence-corrected chi connectivity index (χ0v) is 28.1. The number of carbonyl (C=O) groups is 1. The molecule has 2 atom stereocenters. The van der Waals surface area contributed by atoms with Crippen molar-refractivity contribution < 1.29 is 23.7 Å². The molecule has 3 aromatic carbocycles. The minimum absolute atomic E-state index is 0.0636. The maximum Gasteiger partial charge on any atom is 0.414 e. The number of nitrogens with zero attached hydrogens (tertiary/aromatic N) is 1. The van der Waals surface area contributed by atoms with Crippen LogP contribution in [0.15, 0.2) is 66.7 Å². The fourth-order valence-corrected chi connectivity index (χ4v) is 5.50. The molecule has 2 saturated heterocycles. The third kappa shape index (κ3) is 7.58. The van der Waals surface area contributed by atoms with Gasteiger partial charge in [0.25, 0.3) is 0 Å². The molecule has 2 fully saturated rings. The van der Waals surface area contributed by atoms with Gasteiger partial charge in [-0.25, -0.2) is 4.79 Å². The standard InChI is InChI=1S/C36H45NO5.C2H6/c1-8-35(4,5)32-11-9-10-31(24(2)3)33(32)37-20-29(42-34(37)38)21-39-27-16-12-25(13-17-27)36(6,7)26-14-18-28(19-15-26)40-22-30-23-41-30;1-2/h9-19,24,29-30H,8,20-23H2,1-7H3;1-2H3. The largest absolute Gasteiger partial charge is 0.491 e. The summed E-state index contributed by atoms with van der Waals surface area (Å²) in [6.07, 6.45) is 0.562. The number of hydrogen-bond donors (Lipinski definition) is 0. The van der Waals surface area contributed by atoms with Crippen molar-refractivity contribution in [2.45, 2.75) is 97.7 Å². The lowest BCUT2D eigenvalue weighted by Crippen LogP contribution is -2.31. The monoisotopic (exact) mass is 601 g/mol. The van der Waals surface area contributed by atoms with E-state index in [0.29, 0.717) is 19.8 Å². The molecule has 238 valence electrons. The Hall–Kier alpha value is -3.51. The van der Waals surface area contributed by atoms with Gasteiger partial charge in [-0.05, 0) is 64.3 Å². The number of rotatable bonds is 12. The summed E-state index contributed by atoms with van der Waals surface area (Å²) in [6, 6.07) is 22.9. The van der Waals surface area contributed by atoms with Crippen molar-refractivity contribution in [3.63, 3.8) is 0 Å². The number of cyclic esters (lactones) is 1. The molecule has 2 unspecified atom stereocenters. The predicted molar refractivity (Wildman–Crippen MR) is 179 cm³/mol. The van der Waals surface area contributed by atoms with E-state index in [4.69, 9.17) is 18.9 Å². The van der Waals surface area contributed by atoms with Crippen molar-refractivity contribution in [1.29, 1.82) is 0 Å². The quantitative estimate of drug-likeness (QED) is 0.194. The second-order valence-corrected chi connectivity index (χ2v) is 13.0. The van der Waals surface area contributed by atoms with E-state index < -0.39 is 0 Å². The Balaban J connectivity index is 0.00000216. The summed E-state index contributed by atoms with van der Waals surface area (Å²) < 4.78 is 23.0. The van der Waals surface area contributed by atoms with E-state index in [1.54, 1.807) is 0 Å². The van der Waals surface area contributed by atoms with Gasteiger partial charge in [0.2, 0.25) is 0 Å².